The SMILES string of the molecule is CCSCCNCc1ccccc1C. The zero-order valence-corrected chi connectivity index (χ0v) is 9.86. The minimum atomic E-state index is 0.997. The maximum absolute atomic E-state index is 3.46. The Balaban J connectivity index is 2.21. The Labute approximate surface area is 91.3 Å². The van der Waals surface area contributed by atoms with E-state index in [1.807, 2.05) is 11.8 Å². The molecule has 0 aliphatic carbocycles. The molecule has 1 rings (SSSR count). The molecule has 0 amide bonds. The highest BCUT2D eigenvalue weighted by Crippen LogP contribution is 2.06. The van der Waals surface area contributed by atoms with Gasteiger partial charge in [-0.05, 0) is 23.8 Å². The van der Waals surface area contributed by atoms with E-state index in [1.54, 1.807) is 0 Å². The molecule has 0 bridgehead atoms. The summed E-state index contributed by atoms with van der Waals surface area (Å²) in [5.74, 6) is 2.43. The normalized spacial score (nSPS) is 10.4. The van der Waals surface area contributed by atoms with E-state index in [0.717, 1.165) is 13.1 Å². The first-order valence-electron chi connectivity index (χ1n) is 5.17. The molecule has 1 aromatic carbocycles. The third-order valence-electron chi connectivity index (χ3n) is 2.20. The van der Waals surface area contributed by atoms with Gasteiger partial charge in [0.2, 0.25) is 0 Å². The number of rotatable bonds is 6. The Hall–Kier alpha value is -0.470. The van der Waals surface area contributed by atoms with Gasteiger partial charge in [-0.25, -0.2) is 0 Å². The van der Waals surface area contributed by atoms with E-state index in [-0.39, 0.29) is 0 Å². The second-order valence-electron chi connectivity index (χ2n) is 3.30. The molecule has 0 saturated carbocycles. The van der Waals surface area contributed by atoms with E-state index in [9.17, 15) is 0 Å². The van der Waals surface area contributed by atoms with Crippen molar-refractivity contribution in [2.75, 3.05) is 18.1 Å². The van der Waals surface area contributed by atoms with E-state index in [0.29, 0.717) is 0 Å². The van der Waals surface area contributed by atoms with Crippen LogP contribution >= 0.6 is 11.8 Å². The Morgan fingerprint density at radius 1 is 1.29 bits per heavy atom. The van der Waals surface area contributed by atoms with Crippen LogP contribution in [0.4, 0.5) is 0 Å². The highest BCUT2D eigenvalue weighted by atomic mass is 32.2. The summed E-state index contributed by atoms with van der Waals surface area (Å²) in [4.78, 5) is 0. The molecule has 0 saturated heterocycles. The summed E-state index contributed by atoms with van der Waals surface area (Å²) in [7, 11) is 0. The summed E-state index contributed by atoms with van der Waals surface area (Å²) in [6, 6.07) is 8.55. The molecule has 0 aromatic heterocycles. The van der Waals surface area contributed by atoms with Gasteiger partial charge in [0.05, 0.1) is 0 Å². The second kappa shape index (κ2) is 6.91. The molecule has 0 unspecified atom stereocenters. The van der Waals surface area contributed by atoms with Gasteiger partial charge in [-0.2, -0.15) is 11.8 Å². The van der Waals surface area contributed by atoms with E-state index >= 15 is 0 Å². The van der Waals surface area contributed by atoms with Gasteiger partial charge in [0.1, 0.15) is 0 Å². The van der Waals surface area contributed by atoms with Crippen molar-refractivity contribution < 1.29 is 0 Å². The van der Waals surface area contributed by atoms with Crippen molar-refractivity contribution in [3.05, 3.63) is 35.4 Å². The lowest BCUT2D eigenvalue weighted by atomic mass is 10.1. The van der Waals surface area contributed by atoms with Gasteiger partial charge >= 0.3 is 0 Å². The second-order valence-corrected chi connectivity index (χ2v) is 4.69. The van der Waals surface area contributed by atoms with E-state index in [4.69, 9.17) is 0 Å². The molecule has 0 radical (unpaired) electrons. The number of hydrogen-bond acceptors (Lipinski definition) is 2. The van der Waals surface area contributed by atoms with Crippen LogP contribution in [0.2, 0.25) is 0 Å². The Morgan fingerprint density at radius 3 is 2.79 bits per heavy atom. The predicted octanol–water partition coefficient (Wildman–Crippen LogP) is 2.84. The fourth-order valence-corrected chi connectivity index (χ4v) is 1.90. The topological polar surface area (TPSA) is 12.0 Å². The Bertz CT molecular complexity index is 260. The van der Waals surface area contributed by atoms with Gasteiger partial charge in [0.25, 0.3) is 0 Å². The monoisotopic (exact) mass is 209 g/mol. The van der Waals surface area contributed by atoms with Gasteiger partial charge in [0, 0.05) is 18.8 Å². The van der Waals surface area contributed by atoms with Crippen LogP contribution in [-0.4, -0.2) is 18.1 Å². The lowest BCUT2D eigenvalue weighted by molar-refractivity contribution is 0.729. The maximum Gasteiger partial charge on any atom is 0.0208 e. The molecule has 2 heteroatoms. The number of benzene rings is 1. The molecule has 0 atom stereocenters. The summed E-state index contributed by atoms with van der Waals surface area (Å²) in [5.41, 5.74) is 2.79. The largest absolute Gasteiger partial charge is 0.312 e. The molecular formula is C12H19NS. The Kier molecular flexibility index (Phi) is 5.72. The smallest absolute Gasteiger partial charge is 0.0208 e. The van der Waals surface area contributed by atoms with E-state index < -0.39 is 0 Å². The number of aryl methyl sites for hydroxylation is 1. The molecule has 1 nitrogen and oxygen atoms in total. The average Bonchev–Trinajstić information content (AvgIpc) is 2.20. The lowest BCUT2D eigenvalue weighted by Crippen LogP contribution is -2.17. The molecular weight excluding hydrogens is 190 g/mol. The van der Waals surface area contributed by atoms with Crippen molar-refractivity contribution in [1.82, 2.24) is 5.32 Å². The van der Waals surface area contributed by atoms with Crippen molar-refractivity contribution in [2.45, 2.75) is 20.4 Å². The van der Waals surface area contributed by atoms with Crippen LogP contribution in [-0.2, 0) is 6.54 Å². The quantitative estimate of drug-likeness (QED) is 0.723. The maximum atomic E-state index is 3.46. The molecule has 0 fully saturated rings. The highest BCUT2D eigenvalue weighted by molar-refractivity contribution is 7.99. The van der Waals surface area contributed by atoms with Gasteiger partial charge < -0.3 is 5.32 Å². The number of thioether (sulfide) groups is 1. The average molecular weight is 209 g/mol. The predicted molar refractivity (Wildman–Crippen MR) is 65.9 cm³/mol. The first-order chi connectivity index (χ1) is 6.84. The van der Waals surface area contributed by atoms with Crippen LogP contribution in [0, 0.1) is 6.92 Å². The minimum absolute atomic E-state index is 0.997. The van der Waals surface area contributed by atoms with Crippen LogP contribution < -0.4 is 5.32 Å². The molecule has 14 heavy (non-hydrogen) atoms. The summed E-state index contributed by atoms with van der Waals surface area (Å²) >= 11 is 1.98. The first-order valence-corrected chi connectivity index (χ1v) is 6.33. The van der Waals surface area contributed by atoms with Crippen LogP contribution in [0.15, 0.2) is 24.3 Å². The molecule has 0 heterocycles. The van der Waals surface area contributed by atoms with Gasteiger partial charge in [0.15, 0.2) is 0 Å². The first kappa shape index (κ1) is 11.6. The molecule has 0 aliphatic heterocycles. The molecule has 0 aliphatic rings. The minimum Gasteiger partial charge on any atom is -0.312 e. The summed E-state index contributed by atoms with van der Waals surface area (Å²) in [6.45, 7) is 6.47. The van der Waals surface area contributed by atoms with Gasteiger partial charge in [-0.3, -0.25) is 0 Å². The lowest BCUT2D eigenvalue weighted by Gasteiger charge is -2.06. The third kappa shape index (κ3) is 4.16. The van der Waals surface area contributed by atoms with Crippen molar-refractivity contribution >= 4 is 11.8 Å². The summed E-state index contributed by atoms with van der Waals surface area (Å²) in [6.07, 6.45) is 0. The number of nitrogens with one attached hydrogen (secondary N) is 1. The van der Waals surface area contributed by atoms with Crippen LogP contribution in [0.5, 0.6) is 0 Å². The van der Waals surface area contributed by atoms with E-state index in [1.165, 1.54) is 22.6 Å². The van der Waals surface area contributed by atoms with Crippen molar-refractivity contribution in [3.8, 4) is 0 Å². The summed E-state index contributed by atoms with van der Waals surface area (Å²) in [5, 5.41) is 3.46. The fraction of sp³-hybridized carbons (Fsp3) is 0.500. The standard InChI is InChI=1S/C12H19NS/c1-3-14-9-8-13-10-12-7-5-4-6-11(12)2/h4-7,13H,3,8-10H2,1-2H3. The zero-order chi connectivity index (χ0) is 10.2. The van der Waals surface area contributed by atoms with Crippen molar-refractivity contribution in [1.29, 1.82) is 0 Å². The number of hydrogen-bond donors (Lipinski definition) is 1. The molecule has 0 spiro atoms. The Morgan fingerprint density at radius 2 is 2.07 bits per heavy atom. The zero-order valence-electron chi connectivity index (χ0n) is 9.05. The van der Waals surface area contributed by atoms with Crippen LogP contribution in [0.1, 0.15) is 18.1 Å². The van der Waals surface area contributed by atoms with Crippen molar-refractivity contribution in [3.63, 3.8) is 0 Å². The van der Waals surface area contributed by atoms with Crippen LogP contribution in [0.3, 0.4) is 0 Å². The molecule has 1 N–H and O–H groups in total. The van der Waals surface area contributed by atoms with E-state index in [2.05, 4.69) is 43.4 Å². The summed E-state index contributed by atoms with van der Waals surface area (Å²) < 4.78 is 0. The molecule has 78 valence electrons. The van der Waals surface area contributed by atoms with Gasteiger partial charge in [-0.1, -0.05) is 31.2 Å². The van der Waals surface area contributed by atoms with Gasteiger partial charge in [-0.15, -0.1) is 0 Å². The molecule has 1 aromatic rings. The third-order valence-corrected chi connectivity index (χ3v) is 3.11. The van der Waals surface area contributed by atoms with Crippen LogP contribution in [0.25, 0.3) is 0 Å². The van der Waals surface area contributed by atoms with Crippen molar-refractivity contribution in [2.24, 2.45) is 0 Å². The highest BCUT2D eigenvalue weighted by Gasteiger charge is 1.95. The fourth-order valence-electron chi connectivity index (χ4n) is 1.32.